The Bertz CT molecular complexity index is 2270. The smallest absolute Gasteiger partial charge is 0.315 e. The number of unbranched alkanes of at least 4 members (excludes halogenated alkanes) is 2. The van der Waals surface area contributed by atoms with Gasteiger partial charge in [0.1, 0.15) is 29.5 Å². The average Bonchev–Trinajstić information content (AvgIpc) is 3.94. The maximum atomic E-state index is 13.6. The molecule has 0 spiro atoms. The van der Waals surface area contributed by atoms with Crippen LogP contribution in [0.2, 0.25) is 5.02 Å². The lowest BCUT2D eigenvalue weighted by atomic mass is 10.0. The van der Waals surface area contributed by atoms with Gasteiger partial charge in [0.15, 0.2) is 0 Å². The molecule has 0 unspecified atom stereocenters. The molecule has 0 radical (unpaired) electrons. The fraction of sp³-hybridized carbons (Fsp3) is 0.549. The van der Waals surface area contributed by atoms with Crippen molar-refractivity contribution in [3.63, 3.8) is 0 Å². The zero-order valence-electron chi connectivity index (χ0n) is 42.4. The van der Waals surface area contributed by atoms with Gasteiger partial charge in [-0.3, -0.25) is 19.2 Å². The molecule has 2 saturated heterocycles. The van der Waals surface area contributed by atoms with Gasteiger partial charge in [-0.25, -0.2) is 19.2 Å². The van der Waals surface area contributed by atoms with Crippen LogP contribution in [0.4, 0.5) is 37.9 Å². The minimum absolute atomic E-state index is 0.0165. The summed E-state index contributed by atoms with van der Waals surface area (Å²) in [5.74, 6) is 1.43. The highest BCUT2D eigenvalue weighted by atomic mass is 35.5. The first-order valence-electron chi connectivity index (χ1n) is 25.3. The van der Waals surface area contributed by atoms with E-state index >= 15 is 0 Å². The number of nitrogens with zero attached hydrogens (tertiary/aromatic N) is 3. The molecule has 2 aliphatic rings. The highest BCUT2D eigenvalue weighted by Crippen LogP contribution is 2.34. The molecule has 2 aliphatic heterocycles. The quantitative estimate of drug-likeness (QED) is 0.0186. The van der Waals surface area contributed by atoms with Gasteiger partial charge in [0.25, 0.3) is 0 Å². The highest BCUT2D eigenvalue weighted by Gasteiger charge is 2.42. The van der Waals surface area contributed by atoms with Crippen LogP contribution in [0.3, 0.4) is 0 Å². The molecule has 1 aromatic heterocycles. The van der Waals surface area contributed by atoms with Gasteiger partial charge in [0.2, 0.25) is 23.6 Å². The van der Waals surface area contributed by atoms with Crippen molar-refractivity contribution in [2.75, 3.05) is 108 Å². The SMILES string of the molecule is COc1ccc(NC(=O)/C=C/CN(C)CCCCNC(=O)CCCC(=O)NCCCOCCOCCOCCCNC(=O)CCCC[C@@H]2SC[C@@H]3NC(=O)N[C@@H]32)cc1Nc1cc(Nc2ccc(F)c(Cl)c2)ncn1. The van der Waals surface area contributed by atoms with Crippen molar-refractivity contribution in [1.29, 1.82) is 0 Å². The van der Waals surface area contributed by atoms with Crippen LogP contribution in [-0.4, -0.2) is 154 Å². The number of hydrogen-bond donors (Lipinski definition) is 8. The number of methoxy groups -OCH3 is 1. The van der Waals surface area contributed by atoms with E-state index < -0.39 is 5.82 Å². The van der Waals surface area contributed by atoms with Gasteiger partial charge in [-0.15, -0.1) is 0 Å². The fourth-order valence-electron chi connectivity index (χ4n) is 7.88. The molecule has 3 heterocycles. The monoisotopic (exact) mass is 1070 g/mol. The Kier molecular flexibility index (Phi) is 27.1. The van der Waals surface area contributed by atoms with E-state index in [1.54, 1.807) is 36.4 Å². The minimum atomic E-state index is -0.522. The number of carbonyl (C=O) groups is 5. The maximum Gasteiger partial charge on any atom is 0.315 e. The molecule has 3 aromatic rings. The van der Waals surface area contributed by atoms with Crippen LogP contribution in [0, 0.1) is 5.82 Å². The van der Waals surface area contributed by atoms with Crippen LogP contribution in [-0.2, 0) is 33.4 Å². The Morgan fingerprint density at radius 2 is 1.41 bits per heavy atom. The van der Waals surface area contributed by atoms with Gasteiger partial charge < -0.3 is 66.4 Å². The van der Waals surface area contributed by atoms with Crippen LogP contribution < -0.4 is 47.3 Å². The lowest BCUT2D eigenvalue weighted by Gasteiger charge is -2.16. The topological polar surface area (TPSA) is 248 Å². The Morgan fingerprint density at radius 3 is 2.08 bits per heavy atom. The van der Waals surface area contributed by atoms with E-state index in [1.807, 2.05) is 18.8 Å². The maximum absolute atomic E-state index is 13.6. The molecule has 5 rings (SSSR count). The van der Waals surface area contributed by atoms with Crippen molar-refractivity contribution >= 4 is 81.7 Å². The van der Waals surface area contributed by atoms with Gasteiger partial charge >= 0.3 is 6.03 Å². The summed E-state index contributed by atoms with van der Waals surface area (Å²) >= 11 is 7.80. The van der Waals surface area contributed by atoms with E-state index in [1.165, 1.54) is 31.6 Å². The average molecular weight is 1070 g/mol. The molecule has 74 heavy (non-hydrogen) atoms. The molecular formula is C51H73ClFN11O9S. The molecule has 2 fully saturated rings. The summed E-state index contributed by atoms with van der Waals surface area (Å²) < 4.78 is 35.8. The van der Waals surface area contributed by atoms with Crippen LogP contribution in [0.15, 0.2) is 60.9 Å². The number of hydrogen-bond acceptors (Lipinski definition) is 15. The number of thioether (sulfide) groups is 1. The van der Waals surface area contributed by atoms with Gasteiger partial charge in [-0.05, 0) is 94.9 Å². The number of halogens is 2. The Balaban J connectivity index is 0.771. The second-order valence-electron chi connectivity index (χ2n) is 17.8. The zero-order valence-corrected chi connectivity index (χ0v) is 44.0. The Labute approximate surface area is 442 Å². The Hall–Kier alpha value is -5.78. The summed E-state index contributed by atoms with van der Waals surface area (Å²) in [6, 6.07) is 11.5. The Morgan fingerprint density at radius 1 is 0.770 bits per heavy atom. The molecule has 6 amide bonds. The number of benzene rings is 2. The number of fused-ring (bicyclic) bond motifs is 1. The first-order chi connectivity index (χ1) is 35.9. The number of urea groups is 1. The van der Waals surface area contributed by atoms with Gasteiger partial charge in [-0.1, -0.05) is 24.1 Å². The molecule has 20 nitrogen and oxygen atoms in total. The molecule has 0 saturated carbocycles. The van der Waals surface area contributed by atoms with Crippen molar-refractivity contribution in [1.82, 2.24) is 41.5 Å². The molecule has 0 bridgehead atoms. The number of nitrogens with one attached hydrogen (secondary N) is 8. The summed E-state index contributed by atoms with van der Waals surface area (Å²) in [7, 11) is 3.49. The van der Waals surface area contributed by atoms with E-state index in [0.29, 0.717) is 125 Å². The van der Waals surface area contributed by atoms with Crippen LogP contribution in [0.5, 0.6) is 5.75 Å². The summed E-state index contributed by atoms with van der Waals surface area (Å²) in [5.41, 5.74) is 1.65. The van der Waals surface area contributed by atoms with Gasteiger partial charge in [0.05, 0.1) is 56.3 Å². The van der Waals surface area contributed by atoms with Crippen LogP contribution >= 0.6 is 23.4 Å². The standard InChI is InChI=1S/C51H73ClFN11O9S/c1-64(24-8-15-49(68)60-37-17-19-42(70-2)40(32-37)61-45-33-44(57-35-58-45)59-36-16-18-39(53)38(52)31-36)23-6-5-20-54-47(66)13-7-14-48(67)56-22-10-26-72-28-30-73-29-27-71-25-9-21-55-46(65)12-4-3-11-43-50-41(34-74-43)62-51(69)63-50/h8,15-19,31-33,35,41,43,50H,3-7,9-14,20-30,34H2,1-2H3,(H,54,66)(H,55,65)(H,56,67)(H,60,68)(H2,62,63,69)(H2,57,58,59,61)/b15-8+/t41-,43-,50-/m0/s1. The molecule has 23 heteroatoms. The number of amides is 6. The third-order valence-corrected chi connectivity index (χ3v) is 13.6. The van der Waals surface area contributed by atoms with Gasteiger partial charge in [-0.2, -0.15) is 11.8 Å². The van der Waals surface area contributed by atoms with Crippen molar-refractivity contribution in [2.24, 2.45) is 0 Å². The summed E-state index contributed by atoms with van der Waals surface area (Å²) in [6.45, 7) is 5.80. The fourth-order valence-corrected chi connectivity index (χ4v) is 9.61. The molecule has 406 valence electrons. The van der Waals surface area contributed by atoms with Gasteiger partial charge in [0, 0.05) is 93.2 Å². The van der Waals surface area contributed by atoms with E-state index in [0.717, 1.165) is 50.8 Å². The number of anilines is 5. The second kappa shape index (κ2) is 33.9. The van der Waals surface area contributed by atoms with Crippen LogP contribution in [0.25, 0.3) is 0 Å². The third-order valence-electron chi connectivity index (χ3n) is 11.8. The van der Waals surface area contributed by atoms with E-state index in [4.69, 9.17) is 30.5 Å². The zero-order chi connectivity index (χ0) is 52.8. The van der Waals surface area contributed by atoms with Crippen molar-refractivity contribution in [3.05, 3.63) is 71.8 Å². The summed E-state index contributed by atoms with van der Waals surface area (Å²) in [6.07, 6.45) is 12.0. The second-order valence-corrected chi connectivity index (χ2v) is 19.4. The molecule has 2 aromatic carbocycles. The number of carbonyl (C=O) groups excluding carboxylic acids is 5. The summed E-state index contributed by atoms with van der Waals surface area (Å²) in [4.78, 5) is 71.5. The number of aromatic nitrogens is 2. The van der Waals surface area contributed by atoms with Crippen molar-refractivity contribution in [2.45, 2.75) is 88.0 Å². The molecule has 8 N–H and O–H groups in total. The lowest BCUT2D eigenvalue weighted by Crippen LogP contribution is -2.36. The molecule has 0 aliphatic carbocycles. The highest BCUT2D eigenvalue weighted by molar-refractivity contribution is 8.00. The predicted octanol–water partition coefficient (Wildman–Crippen LogP) is 6.05. The van der Waals surface area contributed by atoms with E-state index in [-0.39, 0.29) is 59.6 Å². The molecular weight excluding hydrogens is 997 g/mol. The van der Waals surface area contributed by atoms with E-state index in [2.05, 4.69) is 57.4 Å². The molecule has 3 atom stereocenters. The number of rotatable bonds is 37. The summed E-state index contributed by atoms with van der Waals surface area (Å²) in [5, 5.41) is 24.2. The number of likely N-dealkylation sites (N-methyl/N-ethyl adjacent to an activating group) is 1. The van der Waals surface area contributed by atoms with Crippen molar-refractivity contribution < 1.29 is 47.3 Å². The first-order valence-corrected chi connectivity index (χ1v) is 26.8. The number of ether oxygens (including phenoxy) is 4. The normalized spacial score (nSPS) is 15.9. The largest absolute Gasteiger partial charge is 0.495 e. The third kappa shape index (κ3) is 23.2. The minimum Gasteiger partial charge on any atom is -0.495 e. The lowest BCUT2D eigenvalue weighted by molar-refractivity contribution is -0.123. The van der Waals surface area contributed by atoms with Crippen LogP contribution in [0.1, 0.15) is 70.6 Å². The van der Waals surface area contributed by atoms with E-state index in [9.17, 15) is 28.4 Å². The predicted molar refractivity (Wildman–Crippen MR) is 286 cm³/mol. The first kappa shape index (κ1) is 59.1. The van der Waals surface area contributed by atoms with Crippen molar-refractivity contribution in [3.8, 4) is 5.75 Å².